The van der Waals surface area contributed by atoms with Crippen molar-refractivity contribution in [2.24, 2.45) is 0 Å². The molecule has 78 valence electrons. The molecule has 0 heterocycles. The third-order valence-electron chi connectivity index (χ3n) is 2.26. The largest absolute Gasteiger partial charge is 0.192 e. The molecule has 2 rings (SSSR count). The summed E-state index contributed by atoms with van der Waals surface area (Å²) in [7, 11) is 0. The van der Waals surface area contributed by atoms with Crippen molar-refractivity contribution in [3.63, 3.8) is 0 Å². The Labute approximate surface area is 107 Å². The highest BCUT2D eigenvalue weighted by molar-refractivity contribution is 9.10. The molecule has 0 saturated carbocycles. The number of rotatable bonds is 1. The molecule has 0 aliphatic heterocycles. The fourth-order valence-corrected chi connectivity index (χ4v) is 1.92. The van der Waals surface area contributed by atoms with E-state index in [1.165, 1.54) is 0 Å². The molecule has 0 aliphatic rings. The minimum Gasteiger partial charge on any atom is -0.192 e. The fraction of sp³-hybridized carbons (Fsp3) is 0. The summed E-state index contributed by atoms with van der Waals surface area (Å²) in [5.74, 6) is 0. The summed E-state index contributed by atoms with van der Waals surface area (Å²) in [5.41, 5.74) is 2.48. The summed E-state index contributed by atoms with van der Waals surface area (Å²) in [5, 5.41) is 9.66. The van der Waals surface area contributed by atoms with Crippen LogP contribution in [0.25, 0.3) is 11.1 Å². The van der Waals surface area contributed by atoms with Gasteiger partial charge in [0.05, 0.1) is 11.6 Å². The van der Waals surface area contributed by atoms with Gasteiger partial charge in [0.1, 0.15) is 0 Å². The van der Waals surface area contributed by atoms with Crippen molar-refractivity contribution in [2.45, 2.75) is 0 Å². The van der Waals surface area contributed by atoms with E-state index in [0.29, 0.717) is 10.6 Å². The van der Waals surface area contributed by atoms with Gasteiger partial charge in [-0.1, -0.05) is 39.7 Å². The summed E-state index contributed by atoms with van der Waals surface area (Å²) in [4.78, 5) is 0. The van der Waals surface area contributed by atoms with Crippen molar-refractivity contribution in [1.29, 1.82) is 5.26 Å². The van der Waals surface area contributed by atoms with E-state index in [1.807, 2.05) is 30.3 Å². The van der Waals surface area contributed by atoms with Gasteiger partial charge in [-0.15, -0.1) is 0 Å². The molecular formula is C13H7BrClN. The van der Waals surface area contributed by atoms with Crippen molar-refractivity contribution in [1.82, 2.24) is 0 Å². The highest BCUT2D eigenvalue weighted by atomic mass is 79.9. The van der Waals surface area contributed by atoms with Gasteiger partial charge in [0, 0.05) is 15.1 Å². The first-order valence-electron chi connectivity index (χ1n) is 4.66. The smallest absolute Gasteiger partial charge is 0.0998 e. The SMILES string of the molecule is N#Cc1ccc(Cl)cc1-c1ccc(Br)cc1. The maximum atomic E-state index is 9.02. The molecule has 0 spiro atoms. The second-order valence-electron chi connectivity index (χ2n) is 3.31. The molecule has 0 amide bonds. The molecule has 0 N–H and O–H groups in total. The van der Waals surface area contributed by atoms with Crippen LogP contribution in [0.5, 0.6) is 0 Å². The van der Waals surface area contributed by atoms with E-state index >= 15 is 0 Å². The standard InChI is InChI=1S/C13H7BrClN/c14-11-4-1-9(2-5-11)13-7-12(15)6-3-10(13)8-16/h1-7H. The number of benzene rings is 2. The van der Waals surface area contributed by atoms with E-state index in [0.717, 1.165) is 15.6 Å². The van der Waals surface area contributed by atoms with Crippen molar-refractivity contribution in [3.8, 4) is 17.2 Å². The van der Waals surface area contributed by atoms with Crippen LogP contribution in [0.4, 0.5) is 0 Å². The summed E-state index contributed by atoms with van der Waals surface area (Å²) in [6.07, 6.45) is 0. The molecule has 0 radical (unpaired) electrons. The number of hydrogen-bond donors (Lipinski definition) is 0. The number of halogens is 2. The van der Waals surface area contributed by atoms with E-state index in [4.69, 9.17) is 16.9 Å². The predicted molar refractivity (Wildman–Crippen MR) is 69.3 cm³/mol. The minimum atomic E-state index is 0.631. The van der Waals surface area contributed by atoms with Gasteiger partial charge in [0.2, 0.25) is 0 Å². The first kappa shape index (κ1) is 11.2. The molecule has 2 aromatic rings. The van der Waals surface area contributed by atoms with Gasteiger partial charge < -0.3 is 0 Å². The van der Waals surface area contributed by atoms with Crippen LogP contribution in [0.2, 0.25) is 5.02 Å². The lowest BCUT2D eigenvalue weighted by molar-refractivity contribution is 1.48. The van der Waals surface area contributed by atoms with Gasteiger partial charge in [-0.2, -0.15) is 5.26 Å². The number of nitrogens with zero attached hydrogens (tertiary/aromatic N) is 1. The second kappa shape index (κ2) is 4.69. The molecule has 0 atom stereocenters. The van der Waals surface area contributed by atoms with Gasteiger partial charge in [-0.3, -0.25) is 0 Å². The third kappa shape index (κ3) is 2.27. The van der Waals surface area contributed by atoms with Gasteiger partial charge in [0.15, 0.2) is 0 Å². The molecule has 0 fully saturated rings. The summed E-state index contributed by atoms with van der Waals surface area (Å²) in [6, 6.07) is 15.2. The zero-order chi connectivity index (χ0) is 11.5. The summed E-state index contributed by atoms with van der Waals surface area (Å²) >= 11 is 9.31. The van der Waals surface area contributed by atoms with E-state index in [9.17, 15) is 0 Å². The Hall–Kier alpha value is -1.30. The Morgan fingerprint density at radius 3 is 2.38 bits per heavy atom. The van der Waals surface area contributed by atoms with Crippen molar-refractivity contribution in [3.05, 3.63) is 57.5 Å². The van der Waals surface area contributed by atoms with Crippen molar-refractivity contribution >= 4 is 27.5 Å². The molecule has 0 saturated heterocycles. The first-order chi connectivity index (χ1) is 7.70. The highest BCUT2D eigenvalue weighted by Crippen LogP contribution is 2.27. The average Bonchev–Trinajstić information content (AvgIpc) is 2.30. The lowest BCUT2D eigenvalue weighted by Crippen LogP contribution is -1.84. The van der Waals surface area contributed by atoms with E-state index < -0.39 is 0 Å². The number of hydrogen-bond acceptors (Lipinski definition) is 1. The predicted octanol–water partition coefficient (Wildman–Crippen LogP) is 4.64. The lowest BCUT2D eigenvalue weighted by Gasteiger charge is -2.04. The Morgan fingerprint density at radius 2 is 1.75 bits per heavy atom. The normalized spacial score (nSPS) is 9.81. The van der Waals surface area contributed by atoms with Crippen molar-refractivity contribution < 1.29 is 0 Å². The minimum absolute atomic E-state index is 0.631. The number of nitriles is 1. The summed E-state index contributed by atoms with van der Waals surface area (Å²) in [6.45, 7) is 0. The summed E-state index contributed by atoms with van der Waals surface area (Å²) < 4.78 is 1.01. The monoisotopic (exact) mass is 291 g/mol. The van der Waals surface area contributed by atoms with Crippen molar-refractivity contribution in [2.75, 3.05) is 0 Å². The van der Waals surface area contributed by atoms with Crippen LogP contribution in [0.3, 0.4) is 0 Å². The third-order valence-corrected chi connectivity index (χ3v) is 3.02. The molecule has 2 aromatic carbocycles. The van der Waals surface area contributed by atoms with Crippen LogP contribution in [-0.2, 0) is 0 Å². The molecular weight excluding hydrogens is 286 g/mol. The van der Waals surface area contributed by atoms with Gasteiger partial charge in [0.25, 0.3) is 0 Å². The molecule has 3 heteroatoms. The van der Waals surface area contributed by atoms with E-state index in [-0.39, 0.29) is 0 Å². The molecule has 0 unspecified atom stereocenters. The Balaban J connectivity index is 2.59. The van der Waals surface area contributed by atoms with E-state index in [2.05, 4.69) is 22.0 Å². The van der Waals surface area contributed by atoms with Crippen LogP contribution in [0.1, 0.15) is 5.56 Å². The fourth-order valence-electron chi connectivity index (χ4n) is 1.48. The molecule has 16 heavy (non-hydrogen) atoms. The topological polar surface area (TPSA) is 23.8 Å². The Kier molecular flexibility index (Phi) is 3.28. The second-order valence-corrected chi connectivity index (χ2v) is 4.66. The van der Waals surface area contributed by atoms with Crippen LogP contribution in [0, 0.1) is 11.3 Å². The maximum Gasteiger partial charge on any atom is 0.0998 e. The lowest BCUT2D eigenvalue weighted by atomic mass is 10.0. The molecule has 0 aromatic heterocycles. The van der Waals surface area contributed by atoms with Gasteiger partial charge >= 0.3 is 0 Å². The van der Waals surface area contributed by atoms with Gasteiger partial charge in [-0.05, 0) is 35.9 Å². The zero-order valence-electron chi connectivity index (χ0n) is 8.24. The Morgan fingerprint density at radius 1 is 1.06 bits per heavy atom. The first-order valence-corrected chi connectivity index (χ1v) is 5.83. The van der Waals surface area contributed by atoms with E-state index in [1.54, 1.807) is 12.1 Å². The molecule has 0 aliphatic carbocycles. The average molecular weight is 293 g/mol. The van der Waals surface area contributed by atoms with Gasteiger partial charge in [-0.25, -0.2) is 0 Å². The highest BCUT2D eigenvalue weighted by Gasteiger charge is 2.05. The quantitative estimate of drug-likeness (QED) is 0.751. The zero-order valence-corrected chi connectivity index (χ0v) is 10.6. The van der Waals surface area contributed by atoms with Crippen LogP contribution in [-0.4, -0.2) is 0 Å². The van der Waals surface area contributed by atoms with Crippen LogP contribution >= 0.6 is 27.5 Å². The molecule has 0 bridgehead atoms. The Bertz CT molecular complexity index is 555. The van der Waals surface area contributed by atoms with Crippen LogP contribution in [0.15, 0.2) is 46.9 Å². The van der Waals surface area contributed by atoms with Crippen LogP contribution < -0.4 is 0 Å². The molecule has 1 nitrogen and oxygen atoms in total. The maximum absolute atomic E-state index is 9.02.